The van der Waals surface area contributed by atoms with E-state index in [1.54, 1.807) is 30.3 Å². The van der Waals surface area contributed by atoms with Gasteiger partial charge in [-0.05, 0) is 35.9 Å². The van der Waals surface area contributed by atoms with Crippen molar-refractivity contribution in [2.45, 2.75) is 18.6 Å². The number of hydrogen-bond donors (Lipinski definition) is 2. The smallest absolute Gasteiger partial charge is 0.416 e. The molecule has 9 heteroatoms. The fourth-order valence-corrected chi connectivity index (χ4v) is 2.57. The van der Waals surface area contributed by atoms with Crippen LogP contribution in [-0.4, -0.2) is 31.5 Å². The maximum Gasteiger partial charge on any atom is 0.416 e. The maximum absolute atomic E-state index is 12.9. The number of alkyl halides is 3. The van der Waals surface area contributed by atoms with E-state index in [0.29, 0.717) is 17.4 Å². The van der Waals surface area contributed by atoms with Crippen molar-refractivity contribution in [1.29, 1.82) is 5.26 Å². The van der Waals surface area contributed by atoms with Crippen LogP contribution in [0.2, 0.25) is 0 Å². The van der Waals surface area contributed by atoms with Crippen molar-refractivity contribution in [2.24, 2.45) is 0 Å². The van der Waals surface area contributed by atoms with Gasteiger partial charge in [-0.1, -0.05) is 18.2 Å². The van der Waals surface area contributed by atoms with Gasteiger partial charge in [0.15, 0.2) is 0 Å². The molecule has 0 bridgehead atoms. The Kier molecular flexibility index (Phi) is 7.20. The summed E-state index contributed by atoms with van der Waals surface area (Å²) in [4.78, 5) is 24.8. The summed E-state index contributed by atoms with van der Waals surface area (Å²) < 4.78 is 43.8. The highest BCUT2D eigenvalue weighted by Gasteiger charge is 2.31. The van der Waals surface area contributed by atoms with E-state index in [-0.39, 0.29) is 18.5 Å². The number of benzene rings is 2. The molecule has 0 fully saturated rings. The van der Waals surface area contributed by atoms with Crippen LogP contribution in [-0.2, 0) is 17.4 Å². The van der Waals surface area contributed by atoms with Crippen LogP contribution in [0.1, 0.15) is 21.5 Å². The molecule has 2 N–H and O–H groups in total. The predicted octanol–water partition coefficient (Wildman–Crippen LogP) is 2.69. The van der Waals surface area contributed by atoms with Gasteiger partial charge in [-0.15, -0.1) is 0 Å². The van der Waals surface area contributed by atoms with Gasteiger partial charge in [0.25, 0.3) is 5.91 Å². The summed E-state index contributed by atoms with van der Waals surface area (Å²) in [7, 11) is 1.48. The third-order valence-electron chi connectivity index (χ3n) is 3.99. The zero-order valence-electron chi connectivity index (χ0n) is 15.4. The number of ether oxygens (including phenoxy) is 1. The normalized spacial score (nSPS) is 11.8. The molecule has 29 heavy (non-hydrogen) atoms. The first-order chi connectivity index (χ1) is 13.7. The molecule has 0 saturated heterocycles. The molecule has 0 aliphatic rings. The Hall–Kier alpha value is -3.54. The number of nitrogens with zero attached hydrogens (tertiary/aromatic N) is 1. The van der Waals surface area contributed by atoms with Crippen LogP contribution in [0.5, 0.6) is 5.75 Å². The topological polar surface area (TPSA) is 91.2 Å². The van der Waals surface area contributed by atoms with E-state index in [1.165, 1.54) is 13.2 Å². The average molecular weight is 405 g/mol. The molecule has 2 rings (SSSR count). The van der Waals surface area contributed by atoms with Crippen molar-refractivity contribution in [3.63, 3.8) is 0 Å². The van der Waals surface area contributed by atoms with Crippen molar-refractivity contribution in [3.8, 4) is 11.8 Å². The Morgan fingerprint density at radius 2 is 1.90 bits per heavy atom. The van der Waals surface area contributed by atoms with Gasteiger partial charge in [-0.2, -0.15) is 18.4 Å². The third kappa shape index (κ3) is 6.24. The van der Waals surface area contributed by atoms with Crippen molar-refractivity contribution in [2.75, 3.05) is 13.7 Å². The van der Waals surface area contributed by atoms with Crippen LogP contribution in [0.15, 0.2) is 48.5 Å². The fraction of sp³-hybridized carbons (Fsp3) is 0.250. The highest BCUT2D eigenvalue weighted by molar-refractivity contribution is 5.97. The monoisotopic (exact) mass is 405 g/mol. The minimum atomic E-state index is -4.60. The molecule has 2 amide bonds. The standard InChI is InChI=1S/C20H18F3N3O3/c1-29-16-7-2-4-13(10-16)11-17(19(28)25-9-8-24)26-18(27)14-5-3-6-15(12-14)20(21,22)23/h2-7,10,12,17H,9,11H2,1H3,(H,25,28)(H,26,27)/t17-/m0/s1. The molecule has 2 aromatic carbocycles. The predicted molar refractivity (Wildman–Crippen MR) is 98.0 cm³/mol. The maximum atomic E-state index is 12.9. The minimum absolute atomic E-state index is 0.0547. The first kappa shape index (κ1) is 21.8. The highest BCUT2D eigenvalue weighted by Crippen LogP contribution is 2.29. The fourth-order valence-electron chi connectivity index (χ4n) is 2.57. The third-order valence-corrected chi connectivity index (χ3v) is 3.99. The number of nitriles is 1. The molecule has 0 spiro atoms. The Bertz CT molecular complexity index is 923. The second-order valence-corrected chi connectivity index (χ2v) is 6.04. The lowest BCUT2D eigenvalue weighted by atomic mass is 10.0. The lowest BCUT2D eigenvalue weighted by molar-refractivity contribution is -0.137. The summed E-state index contributed by atoms with van der Waals surface area (Å²) in [5.74, 6) is -0.923. The number of carbonyl (C=O) groups excluding carboxylic acids is 2. The Labute approximate surface area is 165 Å². The summed E-state index contributed by atoms with van der Waals surface area (Å²) in [6, 6.07) is 11.3. The van der Waals surface area contributed by atoms with E-state index < -0.39 is 29.6 Å². The van der Waals surface area contributed by atoms with Crippen molar-refractivity contribution < 1.29 is 27.5 Å². The van der Waals surface area contributed by atoms with Gasteiger partial charge in [-0.25, -0.2) is 0 Å². The van der Waals surface area contributed by atoms with E-state index in [2.05, 4.69) is 10.6 Å². The molecule has 0 saturated carbocycles. The summed E-state index contributed by atoms with van der Waals surface area (Å²) in [6.07, 6.45) is -4.54. The minimum Gasteiger partial charge on any atom is -0.497 e. The zero-order valence-corrected chi connectivity index (χ0v) is 15.4. The van der Waals surface area contributed by atoms with E-state index >= 15 is 0 Å². The number of halogens is 3. The quantitative estimate of drug-likeness (QED) is 0.693. The molecule has 0 radical (unpaired) electrons. The van der Waals surface area contributed by atoms with Gasteiger partial charge in [0.1, 0.15) is 18.3 Å². The number of methoxy groups -OCH3 is 1. The number of rotatable bonds is 7. The molecule has 2 aromatic rings. The van der Waals surface area contributed by atoms with Crippen LogP contribution in [0.25, 0.3) is 0 Å². The van der Waals surface area contributed by atoms with Crippen LogP contribution >= 0.6 is 0 Å². The van der Waals surface area contributed by atoms with E-state index in [9.17, 15) is 22.8 Å². The lowest BCUT2D eigenvalue weighted by Crippen LogP contribution is -2.48. The molecule has 152 valence electrons. The van der Waals surface area contributed by atoms with Crippen molar-refractivity contribution >= 4 is 11.8 Å². The van der Waals surface area contributed by atoms with Gasteiger partial charge in [-0.3, -0.25) is 9.59 Å². The summed E-state index contributed by atoms with van der Waals surface area (Å²) in [5.41, 5.74) is -0.544. The van der Waals surface area contributed by atoms with Gasteiger partial charge >= 0.3 is 6.18 Å². The number of amides is 2. The van der Waals surface area contributed by atoms with E-state index in [1.807, 2.05) is 0 Å². The lowest BCUT2D eigenvalue weighted by Gasteiger charge is -2.18. The molecular weight excluding hydrogens is 387 g/mol. The summed E-state index contributed by atoms with van der Waals surface area (Å²) in [5, 5.41) is 13.4. The van der Waals surface area contributed by atoms with Gasteiger partial charge < -0.3 is 15.4 Å². The van der Waals surface area contributed by atoms with E-state index in [4.69, 9.17) is 10.00 Å². The largest absolute Gasteiger partial charge is 0.497 e. The first-order valence-electron chi connectivity index (χ1n) is 8.50. The van der Waals surface area contributed by atoms with Crippen molar-refractivity contribution in [1.82, 2.24) is 10.6 Å². The van der Waals surface area contributed by atoms with E-state index in [0.717, 1.165) is 12.1 Å². The Morgan fingerprint density at radius 1 is 1.17 bits per heavy atom. The molecule has 1 atom stereocenters. The van der Waals surface area contributed by atoms with Gasteiger partial charge in [0, 0.05) is 12.0 Å². The number of hydrogen-bond acceptors (Lipinski definition) is 4. The molecule has 6 nitrogen and oxygen atoms in total. The van der Waals surface area contributed by atoms with Crippen LogP contribution in [0, 0.1) is 11.3 Å². The first-order valence-corrected chi connectivity index (χ1v) is 8.50. The van der Waals surface area contributed by atoms with Gasteiger partial charge in [0.05, 0.1) is 18.7 Å². The number of carbonyl (C=O) groups is 2. The highest BCUT2D eigenvalue weighted by atomic mass is 19.4. The molecule has 0 heterocycles. The van der Waals surface area contributed by atoms with Crippen LogP contribution in [0.3, 0.4) is 0 Å². The average Bonchev–Trinajstić information content (AvgIpc) is 2.71. The van der Waals surface area contributed by atoms with Crippen LogP contribution < -0.4 is 15.4 Å². The SMILES string of the molecule is COc1cccc(C[C@H](NC(=O)c2cccc(C(F)(F)F)c2)C(=O)NCC#N)c1. The second-order valence-electron chi connectivity index (χ2n) is 6.04. The Balaban J connectivity index is 2.23. The molecule has 0 aromatic heterocycles. The molecule has 0 unspecified atom stereocenters. The summed E-state index contributed by atoms with van der Waals surface area (Å²) in [6.45, 7) is -0.271. The zero-order chi connectivity index (χ0) is 21.4. The second kappa shape index (κ2) is 9.59. The molecule has 0 aliphatic carbocycles. The Morgan fingerprint density at radius 3 is 2.55 bits per heavy atom. The molecule has 0 aliphatic heterocycles. The molecular formula is C20H18F3N3O3. The van der Waals surface area contributed by atoms with Gasteiger partial charge in [0.2, 0.25) is 5.91 Å². The summed E-state index contributed by atoms with van der Waals surface area (Å²) >= 11 is 0. The van der Waals surface area contributed by atoms with Crippen molar-refractivity contribution in [3.05, 3.63) is 65.2 Å². The van der Waals surface area contributed by atoms with Crippen LogP contribution in [0.4, 0.5) is 13.2 Å². The number of nitrogens with one attached hydrogen (secondary N) is 2.